The molecule has 1 heterocycles. The Morgan fingerprint density at radius 3 is 2.88 bits per heavy atom. The van der Waals surface area contributed by atoms with Gasteiger partial charge in [0.2, 0.25) is 11.8 Å². The van der Waals surface area contributed by atoms with E-state index < -0.39 is 17.9 Å². The molecule has 0 aromatic heterocycles. The molecule has 4 N–H and O–H groups in total. The Balaban J connectivity index is 2.39. The molecule has 2 unspecified atom stereocenters. The Bertz CT molecular complexity index is 305. The molecule has 1 rings (SSSR count). The molecule has 1 aliphatic heterocycles. The first-order chi connectivity index (χ1) is 7.54. The Morgan fingerprint density at radius 2 is 2.38 bits per heavy atom. The van der Waals surface area contributed by atoms with Crippen LogP contribution in [0.5, 0.6) is 0 Å². The van der Waals surface area contributed by atoms with Crippen LogP contribution in [0.4, 0.5) is 0 Å². The largest absolute Gasteiger partial charge is 0.464 e. The van der Waals surface area contributed by atoms with Gasteiger partial charge in [-0.1, -0.05) is 0 Å². The summed E-state index contributed by atoms with van der Waals surface area (Å²) < 4.78 is 4.60. The van der Waals surface area contributed by atoms with Crippen LogP contribution >= 0.6 is 0 Å². The Morgan fingerprint density at radius 1 is 1.69 bits per heavy atom. The number of ether oxygens (including phenoxy) is 1. The van der Waals surface area contributed by atoms with Crippen LogP contribution in [-0.4, -0.2) is 43.0 Å². The standard InChI is InChI=1S/C9H15N3O4/c1-2-16-9(15)7(10)8(14)12-5-3-6(13)11-4-5/h5,7H,2-4,10H2,1H3,(H,11,13)(H,12,14). The van der Waals surface area contributed by atoms with Gasteiger partial charge in [-0.15, -0.1) is 0 Å². The van der Waals surface area contributed by atoms with E-state index in [1.54, 1.807) is 6.92 Å². The van der Waals surface area contributed by atoms with Gasteiger partial charge in [0, 0.05) is 13.0 Å². The Labute approximate surface area is 92.7 Å². The molecule has 0 saturated carbocycles. The summed E-state index contributed by atoms with van der Waals surface area (Å²) >= 11 is 0. The molecule has 90 valence electrons. The van der Waals surface area contributed by atoms with E-state index in [1.165, 1.54) is 0 Å². The molecule has 16 heavy (non-hydrogen) atoms. The Kier molecular flexibility index (Phi) is 4.24. The Hall–Kier alpha value is -1.63. The molecule has 1 saturated heterocycles. The highest BCUT2D eigenvalue weighted by atomic mass is 16.5. The molecule has 0 spiro atoms. The van der Waals surface area contributed by atoms with E-state index in [0.717, 1.165) is 0 Å². The number of esters is 1. The van der Waals surface area contributed by atoms with Crippen molar-refractivity contribution in [2.45, 2.75) is 25.4 Å². The van der Waals surface area contributed by atoms with Crippen LogP contribution in [-0.2, 0) is 19.1 Å². The van der Waals surface area contributed by atoms with Crippen molar-refractivity contribution in [2.75, 3.05) is 13.2 Å². The zero-order valence-electron chi connectivity index (χ0n) is 8.99. The maximum Gasteiger partial charge on any atom is 0.332 e. The lowest BCUT2D eigenvalue weighted by Crippen LogP contribution is -2.50. The molecule has 7 heteroatoms. The second-order valence-electron chi connectivity index (χ2n) is 3.44. The molecule has 2 amide bonds. The van der Waals surface area contributed by atoms with Gasteiger partial charge in [-0.3, -0.25) is 9.59 Å². The molecule has 0 bridgehead atoms. The van der Waals surface area contributed by atoms with Crippen molar-refractivity contribution >= 4 is 17.8 Å². The van der Waals surface area contributed by atoms with Gasteiger partial charge in [0.15, 0.2) is 6.04 Å². The third-order valence-corrected chi connectivity index (χ3v) is 2.15. The van der Waals surface area contributed by atoms with E-state index in [2.05, 4.69) is 15.4 Å². The molecule has 0 aromatic rings. The zero-order chi connectivity index (χ0) is 12.1. The van der Waals surface area contributed by atoms with Crippen LogP contribution in [0.2, 0.25) is 0 Å². The van der Waals surface area contributed by atoms with E-state index in [-0.39, 0.29) is 25.0 Å². The molecule has 0 aromatic carbocycles. The average Bonchev–Trinajstić information content (AvgIpc) is 2.63. The van der Waals surface area contributed by atoms with Crippen molar-refractivity contribution < 1.29 is 19.1 Å². The molecule has 2 atom stereocenters. The van der Waals surface area contributed by atoms with Crippen molar-refractivity contribution in [2.24, 2.45) is 5.73 Å². The molecule has 0 aliphatic carbocycles. The third-order valence-electron chi connectivity index (χ3n) is 2.15. The fourth-order valence-corrected chi connectivity index (χ4v) is 1.34. The van der Waals surface area contributed by atoms with Crippen LogP contribution in [0.25, 0.3) is 0 Å². The van der Waals surface area contributed by atoms with E-state index >= 15 is 0 Å². The van der Waals surface area contributed by atoms with E-state index in [0.29, 0.717) is 6.54 Å². The fraction of sp³-hybridized carbons (Fsp3) is 0.667. The maximum absolute atomic E-state index is 11.4. The van der Waals surface area contributed by atoms with Gasteiger partial charge in [0.1, 0.15) is 0 Å². The number of nitrogens with one attached hydrogen (secondary N) is 2. The summed E-state index contributed by atoms with van der Waals surface area (Å²) in [6, 6.07) is -1.64. The molecule has 7 nitrogen and oxygen atoms in total. The van der Waals surface area contributed by atoms with Crippen molar-refractivity contribution in [3.63, 3.8) is 0 Å². The second kappa shape index (κ2) is 5.45. The highest BCUT2D eigenvalue weighted by Crippen LogP contribution is 1.99. The van der Waals surface area contributed by atoms with Gasteiger partial charge >= 0.3 is 5.97 Å². The minimum Gasteiger partial charge on any atom is -0.464 e. The lowest BCUT2D eigenvalue weighted by atomic mass is 10.2. The van der Waals surface area contributed by atoms with Crippen LogP contribution in [0.15, 0.2) is 0 Å². The monoisotopic (exact) mass is 229 g/mol. The lowest BCUT2D eigenvalue weighted by Gasteiger charge is -2.14. The van der Waals surface area contributed by atoms with Crippen LogP contribution < -0.4 is 16.4 Å². The van der Waals surface area contributed by atoms with Crippen LogP contribution in [0.1, 0.15) is 13.3 Å². The summed E-state index contributed by atoms with van der Waals surface area (Å²) in [7, 11) is 0. The number of hydrogen-bond acceptors (Lipinski definition) is 5. The summed E-state index contributed by atoms with van der Waals surface area (Å²) in [5.41, 5.74) is 5.37. The summed E-state index contributed by atoms with van der Waals surface area (Å²) in [6.45, 7) is 2.16. The zero-order valence-corrected chi connectivity index (χ0v) is 8.99. The van der Waals surface area contributed by atoms with Crippen LogP contribution in [0, 0.1) is 0 Å². The van der Waals surface area contributed by atoms with E-state index in [9.17, 15) is 14.4 Å². The number of hydrogen-bond donors (Lipinski definition) is 3. The normalized spacial score (nSPS) is 21.1. The maximum atomic E-state index is 11.4. The predicted octanol–water partition coefficient (Wildman–Crippen LogP) is -2.12. The lowest BCUT2D eigenvalue weighted by molar-refractivity contribution is -0.148. The average molecular weight is 229 g/mol. The van der Waals surface area contributed by atoms with Crippen molar-refractivity contribution in [3.8, 4) is 0 Å². The molecular formula is C9H15N3O4. The highest BCUT2D eigenvalue weighted by molar-refractivity contribution is 6.02. The minimum atomic E-state index is -1.34. The van der Waals surface area contributed by atoms with Crippen LogP contribution in [0.3, 0.4) is 0 Å². The SMILES string of the molecule is CCOC(=O)C(N)C(=O)NC1CNC(=O)C1. The topological polar surface area (TPSA) is 111 Å². The smallest absolute Gasteiger partial charge is 0.332 e. The van der Waals surface area contributed by atoms with E-state index in [4.69, 9.17) is 5.73 Å². The number of amides is 2. The van der Waals surface area contributed by atoms with Gasteiger partial charge in [0.05, 0.1) is 12.6 Å². The first-order valence-corrected chi connectivity index (χ1v) is 5.04. The van der Waals surface area contributed by atoms with Gasteiger partial charge in [0.25, 0.3) is 0 Å². The predicted molar refractivity (Wildman–Crippen MR) is 54.2 cm³/mol. The summed E-state index contributed by atoms with van der Waals surface area (Å²) in [6.07, 6.45) is 0.210. The molecule has 1 fully saturated rings. The van der Waals surface area contributed by atoms with Gasteiger partial charge < -0.3 is 21.1 Å². The number of carbonyl (C=O) groups is 3. The summed E-state index contributed by atoms with van der Waals surface area (Å²) in [5, 5.41) is 5.06. The molecule has 0 radical (unpaired) electrons. The minimum absolute atomic E-state index is 0.130. The summed E-state index contributed by atoms with van der Waals surface area (Å²) in [4.78, 5) is 33.4. The molecule has 1 aliphatic rings. The number of rotatable bonds is 4. The first-order valence-electron chi connectivity index (χ1n) is 5.04. The van der Waals surface area contributed by atoms with Gasteiger partial charge in [-0.05, 0) is 6.92 Å². The van der Waals surface area contributed by atoms with Gasteiger partial charge in [-0.2, -0.15) is 0 Å². The summed E-state index contributed by atoms with van der Waals surface area (Å²) in [5.74, 6) is -1.52. The third kappa shape index (κ3) is 3.20. The van der Waals surface area contributed by atoms with Gasteiger partial charge in [-0.25, -0.2) is 4.79 Å². The number of nitrogens with two attached hydrogens (primary N) is 1. The van der Waals surface area contributed by atoms with Crippen molar-refractivity contribution in [1.82, 2.24) is 10.6 Å². The fourth-order valence-electron chi connectivity index (χ4n) is 1.34. The number of carbonyl (C=O) groups excluding carboxylic acids is 3. The van der Waals surface area contributed by atoms with E-state index in [1.807, 2.05) is 0 Å². The second-order valence-corrected chi connectivity index (χ2v) is 3.44. The molecular weight excluding hydrogens is 214 g/mol. The quantitative estimate of drug-likeness (QED) is 0.377. The van der Waals surface area contributed by atoms with Crippen molar-refractivity contribution in [3.05, 3.63) is 0 Å². The van der Waals surface area contributed by atoms with Crippen molar-refractivity contribution in [1.29, 1.82) is 0 Å². The first kappa shape index (κ1) is 12.4. The highest BCUT2D eigenvalue weighted by Gasteiger charge is 2.28.